The van der Waals surface area contributed by atoms with E-state index in [2.05, 4.69) is 26.0 Å². The van der Waals surface area contributed by atoms with Crippen LogP contribution < -0.4 is 10.1 Å². The van der Waals surface area contributed by atoms with E-state index in [-0.39, 0.29) is 17.2 Å². The monoisotopic (exact) mass is 403 g/mol. The lowest BCUT2D eigenvalue weighted by atomic mass is 10.2. The van der Waals surface area contributed by atoms with E-state index in [1.807, 2.05) is 0 Å². The number of carbonyl (C=O) groups excluding carboxylic acids is 2. The Bertz CT molecular complexity index is 734. The van der Waals surface area contributed by atoms with Crippen LogP contribution in [0.15, 0.2) is 45.5 Å². The number of ether oxygens (including phenoxy) is 2. The lowest BCUT2D eigenvalue weighted by molar-refractivity contribution is -0.124. The predicted molar refractivity (Wildman–Crippen MR) is 83.0 cm³/mol. The summed E-state index contributed by atoms with van der Waals surface area (Å²) in [4.78, 5) is 23.8. The van der Waals surface area contributed by atoms with Gasteiger partial charge in [0.1, 0.15) is 5.75 Å². The minimum absolute atomic E-state index is 0.0337. The van der Waals surface area contributed by atoms with E-state index in [1.165, 1.54) is 43.3 Å². The van der Waals surface area contributed by atoms with Gasteiger partial charge in [-0.05, 0) is 47.1 Å². The fourth-order valence-electron chi connectivity index (χ4n) is 1.70. The Kier molecular flexibility index (Phi) is 5.91. The van der Waals surface area contributed by atoms with Crippen LogP contribution in [0.4, 0.5) is 14.5 Å². The lowest BCUT2D eigenvalue weighted by Crippen LogP contribution is -2.30. The zero-order chi connectivity index (χ0) is 17.7. The Morgan fingerprint density at radius 2 is 1.92 bits per heavy atom. The molecular formula is C15H12BrF2NO5. The summed E-state index contributed by atoms with van der Waals surface area (Å²) in [6.07, 6.45) is -1.18. The number of carbonyl (C=O) groups is 2. The Morgan fingerprint density at radius 3 is 2.54 bits per heavy atom. The molecule has 2 rings (SSSR count). The third-order valence-corrected chi connectivity index (χ3v) is 3.21. The van der Waals surface area contributed by atoms with Crippen molar-refractivity contribution in [2.75, 3.05) is 5.32 Å². The number of amides is 1. The predicted octanol–water partition coefficient (Wildman–Crippen LogP) is 3.83. The lowest BCUT2D eigenvalue weighted by Gasteiger charge is -2.15. The molecule has 1 heterocycles. The van der Waals surface area contributed by atoms with E-state index in [9.17, 15) is 18.4 Å². The maximum Gasteiger partial charge on any atom is 0.387 e. The maximum atomic E-state index is 12.3. The highest BCUT2D eigenvalue weighted by Crippen LogP contribution is 2.25. The van der Waals surface area contributed by atoms with Crippen molar-refractivity contribution in [2.24, 2.45) is 0 Å². The van der Waals surface area contributed by atoms with Crippen LogP contribution in [0.25, 0.3) is 0 Å². The van der Waals surface area contributed by atoms with Crippen LogP contribution in [0, 0.1) is 0 Å². The molecule has 0 aliphatic heterocycles. The van der Waals surface area contributed by atoms with E-state index < -0.39 is 24.6 Å². The average molecular weight is 404 g/mol. The number of nitrogens with one attached hydrogen (secondary N) is 1. The molecule has 2 aromatic rings. The molecule has 1 atom stereocenters. The molecular weight excluding hydrogens is 392 g/mol. The van der Waals surface area contributed by atoms with Crippen LogP contribution in [0.3, 0.4) is 0 Å². The molecule has 1 aromatic heterocycles. The SMILES string of the molecule is CC(OC(=O)c1ccc(Br)o1)C(=O)Nc1ccccc1OC(F)F. The molecule has 0 spiro atoms. The Labute approximate surface area is 143 Å². The molecule has 0 aliphatic rings. The Balaban J connectivity index is 2.00. The first-order valence-electron chi connectivity index (χ1n) is 6.68. The Morgan fingerprint density at radius 1 is 1.21 bits per heavy atom. The molecule has 1 aromatic carbocycles. The second kappa shape index (κ2) is 7.91. The number of halogens is 3. The van der Waals surface area contributed by atoms with Crippen molar-refractivity contribution in [3.8, 4) is 5.75 Å². The first-order valence-corrected chi connectivity index (χ1v) is 7.47. The quantitative estimate of drug-likeness (QED) is 0.741. The van der Waals surface area contributed by atoms with Crippen LogP contribution >= 0.6 is 15.9 Å². The summed E-state index contributed by atoms with van der Waals surface area (Å²) < 4.78 is 39.3. The zero-order valence-electron chi connectivity index (χ0n) is 12.3. The number of hydrogen-bond acceptors (Lipinski definition) is 5. The number of alkyl halides is 2. The van der Waals surface area contributed by atoms with E-state index in [4.69, 9.17) is 9.15 Å². The smallest absolute Gasteiger partial charge is 0.387 e. The maximum absolute atomic E-state index is 12.3. The molecule has 1 N–H and O–H groups in total. The Hall–Kier alpha value is -2.42. The van der Waals surface area contributed by atoms with E-state index >= 15 is 0 Å². The van der Waals surface area contributed by atoms with Gasteiger partial charge < -0.3 is 19.2 Å². The third kappa shape index (κ3) is 4.79. The number of esters is 1. The molecule has 0 saturated carbocycles. The summed E-state index contributed by atoms with van der Waals surface area (Å²) in [5.74, 6) is -1.82. The summed E-state index contributed by atoms with van der Waals surface area (Å²) in [6, 6.07) is 8.55. The van der Waals surface area contributed by atoms with Crippen LogP contribution in [-0.4, -0.2) is 24.6 Å². The molecule has 1 unspecified atom stereocenters. The normalized spacial score (nSPS) is 11.9. The molecule has 9 heteroatoms. The highest BCUT2D eigenvalue weighted by Gasteiger charge is 2.22. The van der Waals surface area contributed by atoms with Gasteiger partial charge in [0, 0.05) is 0 Å². The van der Waals surface area contributed by atoms with Gasteiger partial charge in [0.25, 0.3) is 5.91 Å². The van der Waals surface area contributed by atoms with Gasteiger partial charge in [0.05, 0.1) is 5.69 Å². The van der Waals surface area contributed by atoms with E-state index in [1.54, 1.807) is 0 Å². The van der Waals surface area contributed by atoms with Gasteiger partial charge in [-0.25, -0.2) is 4.79 Å². The van der Waals surface area contributed by atoms with Crippen molar-refractivity contribution in [3.05, 3.63) is 46.8 Å². The van der Waals surface area contributed by atoms with Crippen molar-refractivity contribution in [1.82, 2.24) is 0 Å². The molecule has 24 heavy (non-hydrogen) atoms. The largest absolute Gasteiger partial charge is 0.447 e. The summed E-state index contributed by atoms with van der Waals surface area (Å²) in [7, 11) is 0. The van der Waals surface area contributed by atoms with Crippen LogP contribution in [0.2, 0.25) is 0 Å². The van der Waals surface area contributed by atoms with Crippen molar-refractivity contribution in [3.63, 3.8) is 0 Å². The van der Waals surface area contributed by atoms with Crippen LogP contribution in [-0.2, 0) is 9.53 Å². The van der Waals surface area contributed by atoms with Crippen molar-refractivity contribution in [1.29, 1.82) is 0 Å². The second-order valence-corrected chi connectivity index (χ2v) is 5.30. The van der Waals surface area contributed by atoms with Gasteiger partial charge in [-0.15, -0.1) is 0 Å². The van der Waals surface area contributed by atoms with Gasteiger partial charge in [-0.1, -0.05) is 12.1 Å². The van der Waals surface area contributed by atoms with Gasteiger partial charge in [-0.3, -0.25) is 4.79 Å². The molecule has 128 valence electrons. The minimum Gasteiger partial charge on any atom is -0.447 e. The van der Waals surface area contributed by atoms with E-state index in [0.29, 0.717) is 4.67 Å². The number of anilines is 1. The number of hydrogen-bond donors (Lipinski definition) is 1. The summed E-state index contributed by atoms with van der Waals surface area (Å²) in [5, 5.41) is 2.36. The second-order valence-electron chi connectivity index (χ2n) is 4.52. The number of furan rings is 1. The summed E-state index contributed by atoms with van der Waals surface area (Å²) in [5.41, 5.74) is 0.0337. The fraction of sp³-hybridized carbons (Fsp3) is 0.200. The minimum atomic E-state index is -3.03. The standard InChI is InChI=1S/C15H12BrF2NO5/c1-8(22-14(21)11-6-7-12(16)23-11)13(20)19-9-4-2-3-5-10(9)24-15(17)18/h2-8,15H,1H3,(H,19,20). The van der Waals surface area contributed by atoms with Crippen LogP contribution in [0.5, 0.6) is 5.75 Å². The molecule has 0 aliphatic carbocycles. The van der Waals surface area contributed by atoms with Gasteiger partial charge in [-0.2, -0.15) is 8.78 Å². The summed E-state index contributed by atoms with van der Waals surface area (Å²) >= 11 is 3.04. The molecule has 0 saturated heterocycles. The van der Waals surface area contributed by atoms with Gasteiger partial charge in [0.2, 0.25) is 5.76 Å². The molecule has 0 bridgehead atoms. The molecule has 0 radical (unpaired) electrons. The van der Waals surface area contributed by atoms with Crippen molar-refractivity contribution >= 4 is 33.5 Å². The van der Waals surface area contributed by atoms with E-state index in [0.717, 1.165) is 0 Å². The number of rotatable bonds is 6. The first-order chi connectivity index (χ1) is 11.4. The summed E-state index contributed by atoms with van der Waals surface area (Å²) in [6.45, 7) is -1.70. The highest BCUT2D eigenvalue weighted by molar-refractivity contribution is 9.10. The van der Waals surface area contributed by atoms with Gasteiger partial charge in [0.15, 0.2) is 10.8 Å². The highest BCUT2D eigenvalue weighted by atomic mass is 79.9. The van der Waals surface area contributed by atoms with Crippen molar-refractivity contribution in [2.45, 2.75) is 19.6 Å². The number of benzene rings is 1. The van der Waals surface area contributed by atoms with Crippen molar-refractivity contribution < 1.29 is 32.3 Å². The zero-order valence-corrected chi connectivity index (χ0v) is 13.9. The third-order valence-electron chi connectivity index (χ3n) is 2.79. The fourth-order valence-corrected chi connectivity index (χ4v) is 2.01. The number of para-hydroxylation sites is 2. The molecule has 1 amide bonds. The molecule has 6 nitrogen and oxygen atoms in total. The first kappa shape index (κ1) is 17.9. The average Bonchev–Trinajstić information content (AvgIpc) is 2.95. The topological polar surface area (TPSA) is 77.8 Å². The molecule has 0 fully saturated rings. The van der Waals surface area contributed by atoms with Crippen LogP contribution in [0.1, 0.15) is 17.5 Å². The van der Waals surface area contributed by atoms with Gasteiger partial charge >= 0.3 is 12.6 Å².